The Bertz CT molecular complexity index is 431. The van der Waals surface area contributed by atoms with Gasteiger partial charge in [0.15, 0.2) is 5.78 Å². The largest absolute Gasteiger partial charge is 0.370 e. The maximum Gasteiger partial charge on any atom is 0.188 e. The van der Waals surface area contributed by atoms with E-state index in [0.29, 0.717) is 5.56 Å². The monoisotopic (exact) mass is 264 g/mol. The molecule has 0 aromatic heterocycles. The van der Waals surface area contributed by atoms with E-state index in [1.807, 2.05) is 0 Å². The summed E-state index contributed by atoms with van der Waals surface area (Å²) in [6.07, 6.45) is 5.90. The van der Waals surface area contributed by atoms with Crippen molar-refractivity contribution < 1.29 is 13.9 Å². The Morgan fingerprint density at radius 2 is 2.26 bits per heavy atom. The molecule has 1 aliphatic rings. The van der Waals surface area contributed by atoms with E-state index in [-0.39, 0.29) is 24.3 Å². The minimum absolute atomic E-state index is 0.0601. The van der Waals surface area contributed by atoms with Crippen LogP contribution in [0.3, 0.4) is 0 Å². The van der Waals surface area contributed by atoms with Gasteiger partial charge in [0.1, 0.15) is 12.4 Å². The molecule has 0 amide bonds. The van der Waals surface area contributed by atoms with Crippen LogP contribution in [-0.2, 0) is 4.74 Å². The topological polar surface area (TPSA) is 26.3 Å². The normalized spacial score (nSPS) is 23.3. The minimum Gasteiger partial charge on any atom is -0.370 e. The Morgan fingerprint density at radius 1 is 1.42 bits per heavy atom. The smallest absolute Gasteiger partial charge is 0.188 e. The summed E-state index contributed by atoms with van der Waals surface area (Å²) in [7, 11) is 0. The average Bonchev–Trinajstić information content (AvgIpc) is 2.45. The number of Topliss-reactive ketones (excluding diaryl/α,β-unsaturated/α-hetero) is 1. The van der Waals surface area contributed by atoms with Gasteiger partial charge in [-0.05, 0) is 30.9 Å². The van der Waals surface area contributed by atoms with Crippen molar-refractivity contribution in [2.75, 3.05) is 6.61 Å². The van der Waals surface area contributed by atoms with E-state index in [0.717, 1.165) is 18.8 Å². The Labute approximate surface area is 114 Å². The number of carbonyl (C=O) groups excluding carboxylic acids is 1. The van der Waals surface area contributed by atoms with Crippen molar-refractivity contribution in [3.05, 3.63) is 35.6 Å². The van der Waals surface area contributed by atoms with Gasteiger partial charge in [-0.1, -0.05) is 38.3 Å². The van der Waals surface area contributed by atoms with E-state index in [1.54, 1.807) is 12.1 Å². The van der Waals surface area contributed by atoms with Crippen molar-refractivity contribution in [1.29, 1.82) is 0 Å². The van der Waals surface area contributed by atoms with Crippen molar-refractivity contribution >= 4 is 5.78 Å². The summed E-state index contributed by atoms with van der Waals surface area (Å²) in [5, 5.41) is 0. The van der Waals surface area contributed by atoms with Crippen molar-refractivity contribution in [3.63, 3.8) is 0 Å². The van der Waals surface area contributed by atoms with Crippen LogP contribution in [0.25, 0.3) is 0 Å². The number of ketones is 1. The third kappa shape index (κ3) is 4.13. The molecule has 0 heterocycles. The second kappa shape index (κ2) is 6.80. The molecule has 0 saturated heterocycles. The molecule has 2 nitrogen and oxygen atoms in total. The van der Waals surface area contributed by atoms with Gasteiger partial charge in [-0.25, -0.2) is 4.39 Å². The lowest BCUT2D eigenvalue weighted by molar-refractivity contribution is 0.0156. The second-order valence-electron chi connectivity index (χ2n) is 5.31. The van der Waals surface area contributed by atoms with Gasteiger partial charge < -0.3 is 4.74 Å². The van der Waals surface area contributed by atoms with Crippen LogP contribution in [0.1, 0.15) is 49.4 Å². The first-order valence-corrected chi connectivity index (χ1v) is 7.09. The van der Waals surface area contributed by atoms with Crippen LogP contribution in [0.4, 0.5) is 4.39 Å². The molecule has 19 heavy (non-hydrogen) atoms. The first-order valence-electron chi connectivity index (χ1n) is 7.09. The van der Waals surface area contributed by atoms with Crippen molar-refractivity contribution in [1.82, 2.24) is 0 Å². The highest BCUT2D eigenvalue weighted by atomic mass is 19.1. The van der Waals surface area contributed by atoms with E-state index >= 15 is 0 Å². The van der Waals surface area contributed by atoms with Crippen molar-refractivity contribution in [3.8, 4) is 0 Å². The Kier molecular flexibility index (Phi) is 5.08. The van der Waals surface area contributed by atoms with E-state index in [2.05, 4.69) is 6.92 Å². The lowest BCUT2D eigenvalue weighted by Gasteiger charge is -2.28. The molecule has 0 radical (unpaired) electrons. The highest BCUT2D eigenvalue weighted by Gasteiger charge is 2.22. The SMILES string of the molecule is CCC1CCCC(OCC(=O)c2cccc(F)c2)C1. The number of hydrogen-bond donors (Lipinski definition) is 0. The standard InChI is InChI=1S/C16H21FO2/c1-2-12-5-3-8-15(9-12)19-11-16(18)13-6-4-7-14(17)10-13/h4,6-7,10,12,15H,2-3,5,8-9,11H2,1H3. The van der Waals surface area contributed by atoms with Crippen molar-refractivity contribution in [2.24, 2.45) is 5.92 Å². The van der Waals surface area contributed by atoms with Crippen molar-refractivity contribution in [2.45, 2.75) is 45.1 Å². The van der Waals surface area contributed by atoms with E-state index in [9.17, 15) is 9.18 Å². The van der Waals surface area contributed by atoms with Crippen LogP contribution in [0.5, 0.6) is 0 Å². The quantitative estimate of drug-likeness (QED) is 0.751. The summed E-state index contributed by atoms with van der Waals surface area (Å²) >= 11 is 0. The Morgan fingerprint density at radius 3 is 3.00 bits per heavy atom. The molecule has 1 fully saturated rings. The predicted molar refractivity (Wildman–Crippen MR) is 72.7 cm³/mol. The number of benzene rings is 1. The third-order valence-electron chi connectivity index (χ3n) is 3.91. The summed E-state index contributed by atoms with van der Waals surface area (Å²) < 4.78 is 18.7. The van der Waals surface area contributed by atoms with E-state index in [4.69, 9.17) is 4.74 Å². The first-order chi connectivity index (χ1) is 9.19. The highest BCUT2D eigenvalue weighted by Crippen LogP contribution is 2.28. The zero-order chi connectivity index (χ0) is 13.7. The molecule has 1 aliphatic carbocycles. The lowest BCUT2D eigenvalue weighted by Crippen LogP contribution is -2.25. The van der Waals surface area contributed by atoms with Crippen LogP contribution in [-0.4, -0.2) is 18.5 Å². The fourth-order valence-electron chi connectivity index (χ4n) is 2.70. The predicted octanol–water partition coefficient (Wildman–Crippen LogP) is 3.99. The summed E-state index contributed by atoms with van der Waals surface area (Å²) in [5.74, 6) is 0.204. The molecule has 104 valence electrons. The zero-order valence-corrected chi connectivity index (χ0v) is 11.4. The molecule has 2 atom stereocenters. The van der Waals surface area contributed by atoms with E-state index in [1.165, 1.54) is 31.4 Å². The van der Waals surface area contributed by atoms with Gasteiger partial charge in [-0.2, -0.15) is 0 Å². The third-order valence-corrected chi connectivity index (χ3v) is 3.91. The fourth-order valence-corrected chi connectivity index (χ4v) is 2.70. The van der Waals surface area contributed by atoms with Gasteiger partial charge in [0.25, 0.3) is 0 Å². The molecular formula is C16H21FO2. The van der Waals surface area contributed by atoms with Gasteiger partial charge in [0.05, 0.1) is 6.10 Å². The molecule has 0 N–H and O–H groups in total. The maximum atomic E-state index is 13.0. The fraction of sp³-hybridized carbons (Fsp3) is 0.562. The average molecular weight is 264 g/mol. The number of carbonyl (C=O) groups is 1. The Balaban J connectivity index is 1.83. The number of hydrogen-bond acceptors (Lipinski definition) is 2. The van der Waals surface area contributed by atoms with Crippen LogP contribution < -0.4 is 0 Å². The Hall–Kier alpha value is -1.22. The molecule has 1 saturated carbocycles. The minimum atomic E-state index is -0.380. The zero-order valence-electron chi connectivity index (χ0n) is 11.4. The first kappa shape index (κ1) is 14.2. The van der Waals surface area contributed by atoms with E-state index < -0.39 is 0 Å². The molecular weight excluding hydrogens is 243 g/mol. The second-order valence-corrected chi connectivity index (χ2v) is 5.31. The summed E-state index contributed by atoms with van der Waals surface area (Å²) in [6, 6.07) is 5.78. The molecule has 0 bridgehead atoms. The van der Waals surface area contributed by atoms with Gasteiger partial charge in [0.2, 0.25) is 0 Å². The lowest BCUT2D eigenvalue weighted by atomic mass is 9.85. The van der Waals surface area contributed by atoms with Crippen LogP contribution in [0.15, 0.2) is 24.3 Å². The molecule has 2 rings (SSSR count). The summed E-state index contributed by atoms with van der Waals surface area (Å²) in [5.41, 5.74) is 0.392. The molecule has 0 aliphatic heterocycles. The van der Waals surface area contributed by atoms with Gasteiger partial charge in [0, 0.05) is 5.56 Å². The molecule has 2 unspecified atom stereocenters. The van der Waals surface area contributed by atoms with Crippen LogP contribution in [0, 0.1) is 11.7 Å². The van der Waals surface area contributed by atoms with Gasteiger partial charge in [-0.15, -0.1) is 0 Å². The molecule has 1 aromatic carbocycles. The maximum absolute atomic E-state index is 13.0. The highest BCUT2D eigenvalue weighted by molar-refractivity contribution is 5.97. The van der Waals surface area contributed by atoms with Gasteiger partial charge >= 0.3 is 0 Å². The number of ether oxygens (including phenoxy) is 1. The molecule has 3 heteroatoms. The number of halogens is 1. The van der Waals surface area contributed by atoms with Gasteiger partial charge in [-0.3, -0.25) is 4.79 Å². The molecule has 0 spiro atoms. The molecule has 1 aromatic rings. The summed E-state index contributed by atoms with van der Waals surface area (Å²) in [4.78, 5) is 11.9. The number of rotatable bonds is 5. The van der Waals surface area contributed by atoms with Crippen LogP contribution in [0.2, 0.25) is 0 Å². The van der Waals surface area contributed by atoms with Crippen LogP contribution >= 0.6 is 0 Å². The summed E-state index contributed by atoms with van der Waals surface area (Å²) in [6.45, 7) is 2.26.